The van der Waals surface area contributed by atoms with Crippen molar-refractivity contribution in [2.45, 2.75) is 65.8 Å². The molecule has 5 atom stereocenters. The summed E-state index contributed by atoms with van der Waals surface area (Å²) in [5.41, 5.74) is 0.614. The van der Waals surface area contributed by atoms with Gasteiger partial charge in [-0.2, -0.15) is 0 Å². The Bertz CT molecular complexity index is 784. The molecular weight excluding hydrogens is 432 g/mol. The number of ether oxygens (including phenoxy) is 2. The van der Waals surface area contributed by atoms with Gasteiger partial charge in [-0.25, -0.2) is 0 Å². The maximum absolute atomic E-state index is 6.29. The summed E-state index contributed by atoms with van der Waals surface area (Å²) in [7, 11) is 0.939. The molecule has 0 N–H and O–H groups in total. The summed E-state index contributed by atoms with van der Waals surface area (Å²) in [6, 6.07) is 22.5. The molecule has 34 heavy (non-hydrogen) atoms. The van der Waals surface area contributed by atoms with E-state index < -0.39 is 8.80 Å². The molecule has 1 aliphatic rings. The van der Waals surface area contributed by atoms with E-state index in [-0.39, 0.29) is 5.41 Å². The topological polar surface area (TPSA) is 18.5 Å². The van der Waals surface area contributed by atoms with E-state index in [1.807, 2.05) is 7.11 Å². The van der Waals surface area contributed by atoms with Crippen molar-refractivity contribution in [2.75, 3.05) is 26.9 Å². The van der Waals surface area contributed by atoms with Crippen LogP contribution in [0.15, 0.2) is 60.7 Å². The quantitative estimate of drug-likeness (QED) is 0.326. The van der Waals surface area contributed by atoms with Gasteiger partial charge in [-0.1, -0.05) is 105 Å². The van der Waals surface area contributed by atoms with E-state index in [0.717, 1.165) is 38.1 Å². The molecular formula is C31H47O2Si. The lowest BCUT2D eigenvalue weighted by Crippen LogP contribution is -2.51. The molecule has 1 aliphatic carbocycles. The van der Waals surface area contributed by atoms with E-state index in [0.29, 0.717) is 17.4 Å². The number of benzene rings is 2. The molecule has 0 bridgehead atoms. The first-order valence-electron chi connectivity index (χ1n) is 13.5. The first-order chi connectivity index (χ1) is 16.4. The lowest BCUT2D eigenvalue weighted by Gasteiger charge is -2.50. The van der Waals surface area contributed by atoms with Gasteiger partial charge in [-0.3, -0.25) is 0 Å². The Kier molecular flexibility index (Phi) is 10.4. The van der Waals surface area contributed by atoms with Crippen molar-refractivity contribution >= 4 is 19.2 Å². The number of hydrogen-bond donors (Lipinski definition) is 0. The third kappa shape index (κ3) is 6.62. The standard InChI is InChI=1S/C31H47O2Si/c1-7-33-23-31(22-32-6,30-20-25(4)18-19-29(30)24(2)3)21-26(5)34(27-14-10-8-11-15-27)28-16-12-9-13-17-28/h8-17,24-26,29-30H,7,18-23H2,1-6H3. The van der Waals surface area contributed by atoms with E-state index in [2.05, 4.69) is 95.3 Å². The Morgan fingerprint density at radius 2 is 1.50 bits per heavy atom. The zero-order valence-electron chi connectivity index (χ0n) is 22.4. The fourth-order valence-electron chi connectivity index (χ4n) is 6.71. The maximum Gasteiger partial charge on any atom is 0.124 e. The molecule has 1 saturated carbocycles. The number of methoxy groups -OCH3 is 1. The molecule has 0 amide bonds. The van der Waals surface area contributed by atoms with Crippen LogP contribution in [0.3, 0.4) is 0 Å². The van der Waals surface area contributed by atoms with Crippen molar-refractivity contribution in [3.05, 3.63) is 60.7 Å². The van der Waals surface area contributed by atoms with Crippen molar-refractivity contribution in [2.24, 2.45) is 29.1 Å². The van der Waals surface area contributed by atoms with Crippen LogP contribution in [0.25, 0.3) is 0 Å². The van der Waals surface area contributed by atoms with Crippen LogP contribution in [0, 0.1) is 29.1 Å². The highest BCUT2D eigenvalue weighted by atomic mass is 28.3. The summed E-state index contributed by atoms with van der Waals surface area (Å²) in [5.74, 6) is 2.85. The second-order valence-corrected chi connectivity index (χ2v) is 14.1. The largest absolute Gasteiger partial charge is 0.384 e. The van der Waals surface area contributed by atoms with Gasteiger partial charge in [-0.15, -0.1) is 0 Å². The fraction of sp³-hybridized carbons (Fsp3) is 0.613. The van der Waals surface area contributed by atoms with Crippen LogP contribution < -0.4 is 10.4 Å². The van der Waals surface area contributed by atoms with Crippen LogP contribution in [0.4, 0.5) is 0 Å². The van der Waals surface area contributed by atoms with Gasteiger partial charge in [0.2, 0.25) is 0 Å². The zero-order chi connectivity index (χ0) is 24.6. The van der Waals surface area contributed by atoms with E-state index in [1.54, 1.807) is 0 Å². The summed E-state index contributed by atoms with van der Waals surface area (Å²) in [5, 5.41) is 3.01. The Morgan fingerprint density at radius 3 is 2.00 bits per heavy atom. The Morgan fingerprint density at radius 1 is 0.912 bits per heavy atom. The molecule has 0 aliphatic heterocycles. The molecule has 3 rings (SSSR count). The lowest BCUT2D eigenvalue weighted by molar-refractivity contribution is -0.0873. The van der Waals surface area contributed by atoms with Crippen molar-refractivity contribution in [1.82, 2.24) is 0 Å². The van der Waals surface area contributed by atoms with Crippen LogP contribution in [0.2, 0.25) is 5.54 Å². The molecule has 1 radical (unpaired) electrons. The van der Waals surface area contributed by atoms with E-state index in [4.69, 9.17) is 9.47 Å². The SMILES string of the molecule is CCOCC(COC)(CC(C)[Si](c1ccccc1)c1ccccc1)C1CC(C)CCC1C(C)C. The third-order valence-electron chi connectivity index (χ3n) is 8.21. The highest BCUT2D eigenvalue weighted by Crippen LogP contribution is 2.51. The average molecular weight is 480 g/mol. The molecule has 5 unspecified atom stereocenters. The van der Waals surface area contributed by atoms with Gasteiger partial charge in [0.1, 0.15) is 8.80 Å². The fourth-order valence-corrected chi connectivity index (χ4v) is 9.89. The van der Waals surface area contributed by atoms with Crippen LogP contribution in [-0.4, -0.2) is 35.7 Å². The lowest BCUT2D eigenvalue weighted by atomic mass is 9.58. The summed E-state index contributed by atoms with van der Waals surface area (Å²) >= 11 is 0. The zero-order valence-corrected chi connectivity index (χ0v) is 23.4. The van der Waals surface area contributed by atoms with Crippen molar-refractivity contribution in [3.8, 4) is 0 Å². The Balaban J connectivity index is 2.02. The van der Waals surface area contributed by atoms with E-state index >= 15 is 0 Å². The summed E-state index contributed by atoms with van der Waals surface area (Å²) in [4.78, 5) is 0. The molecule has 1 fully saturated rings. The predicted molar refractivity (Wildman–Crippen MR) is 148 cm³/mol. The van der Waals surface area contributed by atoms with Crippen LogP contribution in [0.1, 0.15) is 60.3 Å². The van der Waals surface area contributed by atoms with Gasteiger partial charge in [0.25, 0.3) is 0 Å². The highest BCUT2D eigenvalue weighted by molar-refractivity contribution is 6.86. The molecule has 2 aromatic rings. The van der Waals surface area contributed by atoms with E-state index in [1.165, 1.54) is 29.6 Å². The minimum Gasteiger partial charge on any atom is -0.384 e. The van der Waals surface area contributed by atoms with Gasteiger partial charge in [0.05, 0.1) is 13.2 Å². The van der Waals surface area contributed by atoms with Crippen LogP contribution in [0.5, 0.6) is 0 Å². The molecule has 3 heteroatoms. The highest BCUT2D eigenvalue weighted by Gasteiger charge is 2.47. The summed E-state index contributed by atoms with van der Waals surface area (Å²) in [6.45, 7) is 14.3. The monoisotopic (exact) mass is 479 g/mol. The molecule has 2 aromatic carbocycles. The molecule has 0 heterocycles. The maximum atomic E-state index is 6.29. The molecule has 0 spiro atoms. The second-order valence-electron chi connectivity index (χ2n) is 11.1. The van der Waals surface area contributed by atoms with E-state index in [9.17, 15) is 0 Å². The molecule has 187 valence electrons. The number of rotatable bonds is 12. The average Bonchev–Trinajstić information content (AvgIpc) is 2.84. The Labute approximate surface area is 211 Å². The van der Waals surface area contributed by atoms with Gasteiger partial charge >= 0.3 is 0 Å². The Hall–Kier alpha value is -1.42. The second kappa shape index (κ2) is 13.0. The smallest absolute Gasteiger partial charge is 0.124 e. The minimum absolute atomic E-state index is 0.0489. The molecule has 0 aromatic heterocycles. The summed E-state index contributed by atoms with van der Waals surface area (Å²) < 4.78 is 12.3. The third-order valence-corrected chi connectivity index (χ3v) is 11.3. The van der Waals surface area contributed by atoms with Gasteiger partial charge in [0, 0.05) is 19.1 Å². The predicted octanol–water partition coefficient (Wildman–Crippen LogP) is 6.45. The first-order valence-corrected chi connectivity index (χ1v) is 15.0. The van der Waals surface area contributed by atoms with Crippen LogP contribution >= 0.6 is 0 Å². The van der Waals surface area contributed by atoms with Crippen molar-refractivity contribution < 1.29 is 9.47 Å². The number of hydrogen-bond acceptors (Lipinski definition) is 2. The van der Waals surface area contributed by atoms with Gasteiger partial charge in [0.15, 0.2) is 0 Å². The normalized spacial score (nSPS) is 23.7. The minimum atomic E-state index is -0.952. The van der Waals surface area contributed by atoms with Crippen LogP contribution in [-0.2, 0) is 9.47 Å². The van der Waals surface area contributed by atoms with Gasteiger partial charge < -0.3 is 9.47 Å². The molecule has 0 saturated heterocycles. The van der Waals surface area contributed by atoms with Crippen molar-refractivity contribution in [1.29, 1.82) is 0 Å². The summed E-state index contributed by atoms with van der Waals surface area (Å²) in [6.07, 6.45) is 5.14. The van der Waals surface area contributed by atoms with Gasteiger partial charge in [-0.05, 0) is 55.4 Å². The first kappa shape index (κ1) is 27.2. The molecule has 2 nitrogen and oxygen atoms in total. The van der Waals surface area contributed by atoms with Crippen molar-refractivity contribution in [3.63, 3.8) is 0 Å².